The predicted octanol–water partition coefficient (Wildman–Crippen LogP) is 5.19. The van der Waals surface area contributed by atoms with Gasteiger partial charge in [0.15, 0.2) is 0 Å². The van der Waals surface area contributed by atoms with Crippen molar-refractivity contribution in [3.8, 4) is 22.6 Å². The highest BCUT2D eigenvalue weighted by molar-refractivity contribution is 9.10. The van der Waals surface area contributed by atoms with E-state index in [4.69, 9.17) is 9.47 Å². The molecule has 32 heavy (non-hydrogen) atoms. The van der Waals surface area contributed by atoms with Crippen LogP contribution in [0.2, 0.25) is 0 Å². The largest absolute Gasteiger partial charge is 0.497 e. The van der Waals surface area contributed by atoms with Crippen molar-refractivity contribution in [1.82, 2.24) is 4.57 Å². The normalized spacial score (nSPS) is 10.8. The lowest BCUT2D eigenvalue weighted by Crippen LogP contribution is -2.28. The summed E-state index contributed by atoms with van der Waals surface area (Å²) >= 11 is 3.45. The summed E-state index contributed by atoms with van der Waals surface area (Å²) in [5.41, 5.74) is 1.43. The van der Waals surface area contributed by atoms with Gasteiger partial charge in [-0.1, -0.05) is 46.3 Å². The summed E-state index contributed by atoms with van der Waals surface area (Å²) < 4.78 is 12.7. The number of nitrogens with zero attached hydrogens (tertiary/aromatic N) is 1. The van der Waals surface area contributed by atoms with Crippen LogP contribution in [-0.4, -0.2) is 29.9 Å². The van der Waals surface area contributed by atoms with E-state index >= 15 is 0 Å². The summed E-state index contributed by atoms with van der Waals surface area (Å²) in [7, 11) is 3.07. The average Bonchev–Trinajstić information content (AvgIpc) is 2.80. The molecule has 0 aliphatic heterocycles. The summed E-state index contributed by atoms with van der Waals surface area (Å²) in [6, 6.07) is 19.7. The molecule has 0 bridgehead atoms. The first-order valence-electron chi connectivity index (χ1n) is 9.79. The number of carboxylic acids is 1. The molecule has 4 rings (SSSR count). The molecule has 3 aromatic carbocycles. The standard InChI is InChI=1S/C25H20BrNO5/c1-31-18-10-15(11-19(13-18)32-2)14-27-23(25(29)30)22(16-6-4-3-5-7-16)21-12-17(26)8-9-20(21)24(27)28/h3-13H,14H2,1-2H3,(H,29,30). The minimum absolute atomic E-state index is 0.0415. The third kappa shape index (κ3) is 3.99. The van der Waals surface area contributed by atoms with E-state index in [1.165, 1.54) is 18.8 Å². The second-order valence-electron chi connectivity index (χ2n) is 7.20. The molecule has 6 nitrogen and oxygen atoms in total. The highest BCUT2D eigenvalue weighted by Gasteiger charge is 2.23. The number of fused-ring (bicyclic) bond motifs is 1. The van der Waals surface area contributed by atoms with Crippen molar-refractivity contribution in [2.75, 3.05) is 14.2 Å². The first-order valence-corrected chi connectivity index (χ1v) is 10.6. The summed E-state index contributed by atoms with van der Waals surface area (Å²) in [5, 5.41) is 11.2. The zero-order chi connectivity index (χ0) is 22.8. The Morgan fingerprint density at radius 1 is 0.938 bits per heavy atom. The summed E-state index contributed by atoms with van der Waals surface area (Å²) in [6.07, 6.45) is 0. The number of aromatic nitrogens is 1. The number of carbonyl (C=O) groups is 1. The lowest BCUT2D eigenvalue weighted by atomic mass is 9.96. The maximum atomic E-state index is 13.5. The number of methoxy groups -OCH3 is 2. The number of pyridine rings is 1. The molecule has 162 valence electrons. The Balaban J connectivity index is 2.07. The molecule has 0 spiro atoms. The van der Waals surface area contributed by atoms with Crippen molar-refractivity contribution >= 4 is 32.7 Å². The molecule has 0 amide bonds. The lowest BCUT2D eigenvalue weighted by molar-refractivity contribution is 0.0685. The maximum absolute atomic E-state index is 13.5. The molecule has 7 heteroatoms. The molecule has 0 saturated heterocycles. The van der Waals surface area contributed by atoms with E-state index in [9.17, 15) is 14.7 Å². The fourth-order valence-electron chi connectivity index (χ4n) is 3.83. The van der Waals surface area contributed by atoms with E-state index in [-0.39, 0.29) is 17.8 Å². The number of benzene rings is 3. The molecule has 0 radical (unpaired) electrons. The molecule has 0 fully saturated rings. The van der Waals surface area contributed by atoms with Crippen LogP contribution in [0, 0.1) is 0 Å². The molecular formula is C25H20BrNO5. The molecule has 0 unspecified atom stereocenters. The van der Waals surface area contributed by atoms with Crippen LogP contribution in [0.4, 0.5) is 0 Å². The van der Waals surface area contributed by atoms with E-state index in [0.717, 1.165) is 4.47 Å². The Morgan fingerprint density at radius 2 is 1.59 bits per heavy atom. The van der Waals surface area contributed by atoms with Crippen molar-refractivity contribution < 1.29 is 19.4 Å². The van der Waals surface area contributed by atoms with Crippen LogP contribution in [-0.2, 0) is 6.54 Å². The van der Waals surface area contributed by atoms with Crippen molar-refractivity contribution in [3.63, 3.8) is 0 Å². The second kappa shape index (κ2) is 8.88. The molecular weight excluding hydrogens is 474 g/mol. The number of hydrogen-bond acceptors (Lipinski definition) is 4. The maximum Gasteiger partial charge on any atom is 0.353 e. The van der Waals surface area contributed by atoms with Crippen molar-refractivity contribution in [1.29, 1.82) is 0 Å². The lowest BCUT2D eigenvalue weighted by Gasteiger charge is -2.18. The summed E-state index contributed by atoms with van der Waals surface area (Å²) in [4.78, 5) is 26.0. The Bertz CT molecular complexity index is 1360. The SMILES string of the molecule is COc1cc(Cn2c(C(=O)O)c(-c3ccccc3)c3cc(Br)ccc3c2=O)cc(OC)c1. The fourth-order valence-corrected chi connectivity index (χ4v) is 4.19. The topological polar surface area (TPSA) is 77.8 Å². The fraction of sp³-hybridized carbons (Fsp3) is 0.120. The minimum atomic E-state index is -1.18. The number of ether oxygens (including phenoxy) is 2. The van der Waals surface area contributed by atoms with Crippen molar-refractivity contribution in [2.45, 2.75) is 6.54 Å². The van der Waals surface area contributed by atoms with Crippen molar-refractivity contribution in [2.24, 2.45) is 0 Å². The molecule has 1 aromatic heterocycles. The first kappa shape index (κ1) is 21.6. The van der Waals surface area contributed by atoms with E-state index in [1.54, 1.807) is 36.4 Å². The van der Waals surface area contributed by atoms with Gasteiger partial charge in [-0.25, -0.2) is 4.79 Å². The molecule has 1 heterocycles. The van der Waals surface area contributed by atoms with Crippen LogP contribution < -0.4 is 15.0 Å². The quantitative estimate of drug-likeness (QED) is 0.399. The van der Waals surface area contributed by atoms with E-state index in [0.29, 0.717) is 39.0 Å². The first-order chi connectivity index (χ1) is 15.4. The third-order valence-electron chi connectivity index (χ3n) is 5.25. The molecule has 1 N–H and O–H groups in total. The van der Waals surface area contributed by atoms with Crippen molar-refractivity contribution in [3.05, 3.63) is 92.8 Å². The number of carboxylic acid groups (broad SMARTS) is 1. The van der Waals surface area contributed by atoms with Crippen LogP contribution in [0.15, 0.2) is 76.0 Å². The average molecular weight is 494 g/mol. The van der Waals surface area contributed by atoms with Crippen LogP contribution in [0.25, 0.3) is 21.9 Å². The van der Waals surface area contributed by atoms with E-state index in [1.807, 2.05) is 30.3 Å². The van der Waals surface area contributed by atoms with Gasteiger partial charge in [0.2, 0.25) is 0 Å². The van der Waals surface area contributed by atoms with Gasteiger partial charge >= 0.3 is 5.97 Å². The summed E-state index contributed by atoms with van der Waals surface area (Å²) in [6.45, 7) is 0.0415. The summed E-state index contributed by atoms with van der Waals surface area (Å²) in [5.74, 6) is -0.0766. The highest BCUT2D eigenvalue weighted by atomic mass is 79.9. The predicted molar refractivity (Wildman–Crippen MR) is 127 cm³/mol. The van der Waals surface area contributed by atoms with Gasteiger partial charge in [-0.2, -0.15) is 0 Å². The van der Waals surface area contributed by atoms with Gasteiger partial charge in [-0.3, -0.25) is 9.36 Å². The van der Waals surface area contributed by atoms with Crippen LogP contribution in [0.1, 0.15) is 16.1 Å². The smallest absolute Gasteiger partial charge is 0.353 e. The monoisotopic (exact) mass is 493 g/mol. The Labute approximate surface area is 192 Å². The number of rotatable bonds is 6. The molecule has 4 aromatic rings. The van der Waals surface area contributed by atoms with E-state index in [2.05, 4.69) is 15.9 Å². The molecule has 0 saturated carbocycles. The minimum Gasteiger partial charge on any atom is -0.497 e. The van der Waals surface area contributed by atoms with Gasteiger partial charge in [-0.05, 0) is 46.8 Å². The zero-order valence-corrected chi connectivity index (χ0v) is 19.0. The second-order valence-corrected chi connectivity index (χ2v) is 8.11. The molecule has 0 atom stereocenters. The zero-order valence-electron chi connectivity index (χ0n) is 17.5. The third-order valence-corrected chi connectivity index (χ3v) is 5.74. The molecule has 0 aliphatic rings. The van der Waals surface area contributed by atoms with Crippen LogP contribution in [0.3, 0.4) is 0 Å². The van der Waals surface area contributed by atoms with Gasteiger partial charge < -0.3 is 14.6 Å². The molecule has 0 aliphatic carbocycles. The van der Waals surface area contributed by atoms with Gasteiger partial charge in [0, 0.05) is 21.5 Å². The van der Waals surface area contributed by atoms with Gasteiger partial charge in [-0.15, -0.1) is 0 Å². The Kier molecular flexibility index (Phi) is 6.01. The van der Waals surface area contributed by atoms with E-state index < -0.39 is 5.97 Å². The van der Waals surface area contributed by atoms with Gasteiger partial charge in [0.25, 0.3) is 5.56 Å². The van der Waals surface area contributed by atoms with Gasteiger partial charge in [0.1, 0.15) is 17.2 Å². The highest BCUT2D eigenvalue weighted by Crippen LogP contribution is 2.33. The van der Waals surface area contributed by atoms with Crippen LogP contribution in [0.5, 0.6) is 11.5 Å². The number of aromatic carboxylic acids is 1. The van der Waals surface area contributed by atoms with Gasteiger partial charge in [0.05, 0.1) is 20.8 Å². The van der Waals surface area contributed by atoms with Crippen LogP contribution >= 0.6 is 15.9 Å². The number of hydrogen-bond donors (Lipinski definition) is 1. The number of halogens is 1. The Morgan fingerprint density at radius 3 is 2.19 bits per heavy atom. The Hall–Kier alpha value is -3.58.